The van der Waals surface area contributed by atoms with E-state index in [1.54, 1.807) is 28.4 Å². The lowest BCUT2D eigenvalue weighted by atomic mass is 10.1. The van der Waals surface area contributed by atoms with Gasteiger partial charge in [-0.25, -0.2) is 0 Å². The van der Waals surface area contributed by atoms with E-state index in [1.807, 2.05) is 18.2 Å². The predicted octanol–water partition coefficient (Wildman–Crippen LogP) is 3.30. The summed E-state index contributed by atoms with van der Waals surface area (Å²) in [4.78, 5) is 0. The largest absolute Gasteiger partial charge is 0.334 e. The van der Waals surface area contributed by atoms with Crippen LogP contribution in [0.5, 0.6) is 0 Å². The molecule has 0 heterocycles. The summed E-state index contributed by atoms with van der Waals surface area (Å²) in [6, 6.07) is 12.3. The summed E-state index contributed by atoms with van der Waals surface area (Å²) in [7, 11) is 4.53. The van der Waals surface area contributed by atoms with Crippen molar-refractivity contribution in [1.29, 1.82) is 0 Å². The fraction of sp³-hybridized carbons (Fsp3) is 0.286. The summed E-state index contributed by atoms with van der Waals surface area (Å²) in [5.74, 6) is 0. The van der Waals surface area contributed by atoms with Crippen molar-refractivity contribution in [3.8, 4) is 0 Å². The number of hydrogen-bond donors (Lipinski definition) is 0. The van der Waals surface area contributed by atoms with Crippen LogP contribution >= 0.6 is 16.8 Å². The maximum absolute atomic E-state index is 5.43. The van der Waals surface area contributed by atoms with Crippen LogP contribution in [0.4, 0.5) is 0 Å². The molecular weight excluding hydrogens is 294 g/mol. The number of fused-ring (bicyclic) bond motifs is 1. The van der Waals surface area contributed by atoms with Crippen molar-refractivity contribution in [2.75, 3.05) is 28.4 Å². The van der Waals surface area contributed by atoms with Crippen LogP contribution in [0, 0.1) is 0 Å². The Balaban J connectivity index is 2.56. The Labute approximate surface area is 121 Å². The first-order valence-electron chi connectivity index (χ1n) is 6.04. The van der Waals surface area contributed by atoms with Crippen LogP contribution in [0.2, 0.25) is 0 Å². The molecule has 2 rings (SSSR count). The molecule has 4 nitrogen and oxygen atoms in total. The molecule has 2 aromatic rings. The summed E-state index contributed by atoms with van der Waals surface area (Å²) in [5, 5.41) is 4.36. The maximum Gasteiger partial charge on any atom is 0.205 e. The predicted molar refractivity (Wildman–Crippen MR) is 85.1 cm³/mol. The SMILES string of the molecule is COP(OC)c1ccc2cccc(P(OC)OC)c2c1. The highest BCUT2D eigenvalue weighted by atomic mass is 31.2. The van der Waals surface area contributed by atoms with Gasteiger partial charge in [-0.3, -0.25) is 0 Å². The Bertz CT molecular complexity index is 568. The van der Waals surface area contributed by atoms with Crippen LogP contribution in [0.25, 0.3) is 10.8 Å². The first kappa shape index (κ1) is 15.8. The molecule has 0 unspecified atom stereocenters. The molecule has 0 saturated heterocycles. The minimum Gasteiger partial charge on any atom is -0.334 e. The molecule has 0 atom stereocenters. The van der Waals surface area contributed by atoms with Gasteiger partial charge in [-0.1, -0.05) is 18.2 Å². The molecule has 0 aromatic heterocycles. The van der Waals surface area contributed by atoms with Crippen LogP contribution in [0.1, 0.15) is 0 Å². The zero-order valence-electron chi connectivity index (χ0n) is 12.0. The van der Waals surface area contributed by atoms with Gasteiger partial charge in [-0.05, 0) is 29.0 Å². The molecule has 0 aliphatic carbocycles. The van der Waals surface area contributed by atoms with E-state index < -0.39 is 16.8 Å². The van der Waals surface area contributed by atoms with Crippen LogP contribution in [-0.4, -0.2) is 28.4 Å². The molecule has 108 valence electrons. The van der Waals surface area contributed by atoms with Crippen molar-refractivity contribution < 1.29 is 18.1 Å². The number of hydrogen-bond acceptors (Lipinski definition) is 4. The lowest BCUT2D eigenvalue weighted by Crippen LogP contribution is -2.09. The summed E-state index contributed by atoms with van der Waals surface area (Å²) in [6.45, 7) is 0. The average Bonchev–Trinajstić information content (AvgIpc) is 2.50. The van der Waals surface area contributed by atoms with Gasteiger partial charge in [0.25, 0.3) is 0 Å². The fourth-order valence-electron chi connectivity index (χ4n) is 2.07. The third-order valence-corrected chi connectivity index (χ3v) is 5.72. The van der Waals surface area contributed by atoms with Gasteiger partial charge < -0.3 is 18.1 Å². The van der Waals surface area contributed by atoms with E-state index in [9.17, 15) is 0 Å². The third kappa shape index (κ3) is 3.17. The molecule has 0 aliphatic rings. The Morgan fingerprint density at radius 1 is 0.750 bits per heavy atom. The van der Waals surface area contributed by atoms with E-state index in [-0.39, 0.29) is 0 Å². The zero-order chi connectivity index (χ0) is 14.5. The molecule has 0 fully saturated rings. The van der Waals surface area contributed by atoms with E-state index in [0.29, 0.717) is 0 Å². The molecule has 0 amide bonds. The molecule has 0 aliphatic heterocycles. The van der Waals surface area contributed by atoms with E-state index in [0.717, 1.165) is 21.4 Å². The van der Waals surface area contributed by atoms with Crippen LogP contribution in [0.15, 0.2) is 36.4 Å². The van der Waals surface area contributed by atoms with Gasteiger partial charge >= 0.3 is 0 Å². The molecule has 0 N–H and O–H groups in total. The van der Waals surface area contributed by atoms with Gasteiger partial charge in [-0.15, -0.1) is 0 Å². The van der Waals surface area contributed by atoms with Gasteiger partial charge in [0, 0.05) is 39.0 Å². The molecule has 6 heteroatoms. The first-order valence-corrected chi connectivity index (χ1v) is 8.40. The van der Waals surface area contributed by atoms with Gasteiger partial charge in [0.2, 0.25) is 16.8 Å². The third-order valence-electron chi connectivity index (χ3n) is 2.91. The van der Waals surface area contributed by atoms with Gasteiger partial charge in [-0.2, -0.15) is 0 Å². The van der Waals surface area contributed by atoms with E-state index in [4.69, 9.17) is 18.1 Å². The Kier molecular flexibility index (Phi) is 5.86. The second kappa shape index (κ2) is 7.42. The minimum absolute atomic E-state index is 1.03. The van der Waals surface area contributed by atoms with Crippen molar-refractivity contribution in [2.24, 2.45) is 0 Å². The van der Waals surface area contributed by atoms with Crippen LogP contribution in [-0.2, 0) is 18.1 Å². The van der Waals surface area contributed by atoms with E-state index >= 15 is 0 Å². The van der Waals surface area contributed by atoms with Crippen molar-refractivity contribution >= 4 is 38.1 Å². The maximum atomic E-state index is 5.43. The van der Waals surface area contributed by atoms with Crippen molar-refractivity contribution in [2.45, 2.75) is 0 Å². The highest BCUT2D eigenvalue weighted by Gasteiger charge is 2.16. The molecule has 0 spiro atoms. The van der Waals surface area contributed by atoms with Crippen molar-refractivity contribution in [3.63, 3.8) is 0 Å². The Hall–Kier alpha value is -0.600. The number of rotatable bonds is 6. The second-order valence-corrected chi connectivity index (χ2v) is 7.41. The van der Waals surface area contributed by atoms with Gasteiger partial charge in [0.1, 0.15) is 0 Å². The highest BCUT2D eigenvalue weighted by molar-refractivity contribution is 7.57. The topological polar surface area (TPSA) is 36.9 Å². The number of benzene rings is 2. The molecule has 0 saturated carbocycles. The van der Waals surface area contributed by atoms with Gasteiger partial charge in [0.05, 0.1) is 0 Å². The quantitative estimate of drug-likeness (QED) is 0.767. The first-order chi connectivity index (χ1) is 9.74. The standard InChI is InChI=1S/C14H18O4P2/c1-15-19(16-2)12-9-8-11-6-5-7-14(13(11)10-12)20(17-3)18-4/h5-10H,1-4H3. The Morgan fingerprint density at radius 2 is 1.40 bits per heavy atom. The summed E-state index contributed by atoms with van der Waals surface area (Å²) in [6.07, 6.45) is 0. The van der Waals surface area contributed by atoms with Gasteiger partial charge in [0.15, 0.2) is 0 Å². The van der Waals surface area contributed by atoms with Crippen LogP contribution < -0.4 is 10.6 Å². The summed E-state index contributed by atoms with van der Waals surface area (Å²) < 4.78 is 21.6. The van der Waals surface area contributed by atoms with Crippen molar-refractivity contribution in [3.05, 3.63) is 36.4 Å². The van der Waals surface area contributed by atoms with E-state index in [1.165, 1.54) is 0 Å². The lowest BCUT2D eigenvalue weighted by Gasteiger charge is -2.17. The second-order valence-electron chi connectivity index (χ2n) is 3.93. The monoisotopic (exact) mass is 312 g/mol. The molecule has 2 aromatic carbocycles. The molecule has 0 bridgehead atoms. The average molecular weight is 312 g/mol. The smallest absolute Gasteiger partial charge is 0.205 e. The highest BCUT2D eigenvalue weighted by Crippen LogP contribution is 2.39. The van der Waals surface area contributed by atoms with E-state index in [2.05, 4.69) is 18.2 Å². The normalized spacial score (nSPS) is 11.7. The minimum atomic E-state index is -1.07. The summed E-state index contributed by atoms with van der Waals surface area (Å²) in [5.41, 5.74) is 0. The lowest BCUT2D eigenvalue weighted by molar-refractivity contribution is 0.350. The Morgan fingerprint density at radius 3 is 2.00 bits per heavy atom. The molecule has 20 heavy (non-hydrogen) atoms. The summed E-state index contributed by atoms with van der Waals surface area (Å²) >= 11 is 0. The molecule has 0 radical (unpaired) electrons. The molecular formula is C14H18O4P2. The fourth-order valence-corrected chi connectivity index (χ4v) is 4.22. The zero-order valence-corrected chi connectivity index (χ0v) is 13.8. The van der Waals surface area contributed by atoms with Crippen LogP contribution in [0.3, 0.4) is 0 Å². The van der Waals surface area contributed by atoms with Crippen molar-refractivity contribution in [1.82, 2.24) is 0 Å².